The SMILES string of the molecule is COCCc1nc2c(N)nc3ccccc3c2n1CCCCN(CCN(C)C)Cc1cccc(OC(C)(C)C(=O)OC)c1. The van der Waals surface area contributed by atoms with Crippen molar-refractivity contribution in [3.8, 4) is 5.75 Å². The molecule has 0 aliphatic heterocycles. The molecule has 0 aliphatic carbocycles. The highest BCUT2D eigenvalue weighted by molar-refractivity contribution is 6.06. The number of likely N-dealkylation sites (N-methyl/N-ethyl adjacent to an activating group) is 1. The summed E-state index contributed by atoms with van der Waals surface area (Å²) in [5.41, 5.74) is 9.12. The number of anilines is 1. The predicted molar refractivity (Wildman–Crippen MR) is 171 cm³/mol. The maximum Gasteiger partial charge on any atom is 0.349 e. The van der Waals surface area contributed by atoms with Crippen LogP contribution in [0.5, 0.6) is 5.75 Å². The molecule has 2 heterocycles. The van der Waals surface area contributed by atoms with Gasteiger partial charge in [-0.15, -0.1) is 0 Å². The number of para-hydroxylation sites is 1. The highest BCUT2D eigenvalue weighted by atomic mass is 16.6. The van der Waals surface area contributed by atoms with Crippen LogP contribution in [0.1, 0.15) is 38.1 Å². The summed E-state index contributed by atoms with van der Waals surface area (Å²) in [6.45, 7) is 8.46. The first-order chi connectivity index (χ1) is 20.6. The van der Waals surface area contributed by atoms with Crippen LogP contribution in [0.4, 0.5) is 5.82 Å². The van der Waals surface area contributed by atoms with Gasteiger partial charge >= 0.3 is 5.97 Å². The second-order valence-electron chi connectivity index (χ2n) is 11.7. The van der Waals surface area contributed by atoms with Gasteiger partial charge in [0.05, 0.1) is 24.8 Å². The van der Waals surface area contributed by atoms with Crippen LogP contribution in [0.3, 0.4) is 0 Å². The number of unbranched alkanes of at least 4 members (excludes halogenated alkanes) is 1. The Morgan fingerprint density at radius 3 is 2.53 bits per heavy atom. The number of benzene rings is 2. The number of hydrogen-bond donors (Lipinski definition) is 1. The smallest absolute Gasteiger partial charge is 0.349 e. The minimum absolute atomic E-state index is 0.409. The van der Waals surface area contributed by atoms with Crippen LogP contribution < -0.4 is 10.5 Å². The molecule has 43 heavy (non-hydrogen) atoms. The van der Waals surface area contributed by atoms with E-state index in [4.69, 9.17) is 24.9 Å². The maximum atomic E-state index is 12.1. The van der Waals surface area contributed by atoms with Crippen LogP contribution >= 0.6 is 0 Å². The monoisotopic (exact) mass is 590 g/mol. The molecule has 0 atom stereocenters. The molecule has 0 saturated carbocycles. The van der Waals surface area contributed by atoms with Gasteiger partial charge in [0.15, 0.2) is 11.4 Å². The van der Waals surface area contributed by atoms with E-state index in [1.54, 1.807) is 21.0 Å². The molecule has 0 bridgehead atoms. The highest BCUT2D eigenvalue weighted by Gasteiger charge is 2.31. The van der Waals surface area contributed by atoms with Gasteiger partial charge in [-0.1, -0.05) is 30.3 Å². The Labute approximate surface area is 254 Å². The number of aryl methyl sites for hydroxylation is 1. The Balaban J connectivity index is 1.48. The first-order valence-electron chi connectivity index (χ1n) is 14.9. The number of carbonyl (C=O) groups is 1. The highest BCUT2D eigenvalue weighted by Crippen LogP contribution is 2.29. The van der Waals surface area contributed by atoms with Crippen LogP contribution in [-0.4, -0.2) is 90.5 Å². The summed E-state index contributed by atoms with van der Waals surface area (Å²) >= 11 is 0. The lowest BCUT2D eigenvalue weighted by Crippen LogP contribution is -2.39. The summed E-state index contributed by atoms with van der Waals surface area (Å²) in [4.78, 5) is 26.3. The summed E-state index contributed by atoms with van der Waals surface area (Å²) in [6.07, 6.45) is 2.71. The molecule has 232 valence electrons. The van der Waals surface area contributed by atoms with Crippen LogP contribution in [0.15, 0.2) is 48.5 Å². The van der Waals surface area contributed by atoms with Gasteiger partial charge in [-0.05, 0) is 71.1 Å². The van der Waals surface area contributed by atoms with E-state index in [2.05, 4.69) is 45.6 Å². The van der Waals surface area contributed by atoms with Gasteiger partial charge in [0.1, 0.15) is 17.1 Å². The molecule has 2 aromatic carbocycles. The van der Waals surface area contributed by atoms with E-state index in [1.807, 2.05) is 36.4 Å². The molecule has 0 unspecified atom stereocenters. The van der Waals surface area contributed by atoms with E-state index in [0.717, 1.165) is 78.9 Å². The van der Waals surface area contributed by atoms with Crippen LogP contribution in [-0.2, 0) is 33.8 Å². The number of carbonyl (C=O) groups excluding carboxylic acids is 1. The van der Waals surface area contributed by atoms with Gasteiger partial charge in [-0.3, -0.25) is 4.90 Å². The predicted octanol–water partition coefficient (Wildman–Crippen LogP) is 4.53. The Bertz CT molecular complexity index is 1520. The van der Waals surface area contributed by atoms with Crippen LogP contribution in [0.25, 0.3) is 21.9 Å². The fraction of sp³-hybridized carbons (Fsp3) is 0.485. The fourth-order valence-corrected chi connectivity index (χ4v) is 5.29. The number of nitrogens with two attached hydrogens (primary N) is 1. The van der Waals surface area contributed by atoms with Crippen molar-refractivity contribution in [3.05, 3.63) is 59.9 Å². The van der Waals surface area contributed by atoms with Gasteiger partial charge in [-0.2, -0.15) is 0 Å². The van der Waals surface area contributed by atoms with Gasteiger partial charge in [0.25, 0.3) is 0 Å². The lowest BCUT2D eigenvalue weighted by molar-refractivity contribution is -0.156. The third-order valence-corrected chi connectivity index (χ3v) is 7.54. The Morgan fingerprint density at radius 2 is 1.79 bits per heavy atom. The number of pyridine rings is 1. The number of aromatic nitrogens is 3. The third-order valence-electron chi connectivity index (χ3n) is 7.54. The molecule has 0 aliphatic rings. The average molecular weight is 591 g/mol. The molecular weight excluding hydrogens is 544 g/mol. The molecule has 0 radical (unpaired) electrons. The van der Waals surface area contributed by atoms with Crippen molar-refractivity contribution in [2.75, 3.05) is 60.3 Å². The molecule has 10 heteroatoms. The fourth-order valence-electron chi connectivity index (χ4n) is 5.29. The number of ether oxygens (including phenoxy) is 3. The van der Waals surface area contributed by atoms with E-state index in [0.29, 0.717) is 24.6 Å². The summed E-state index contributed by atoms with van der Waals surface area (Å²) in [5, 5.41) is 1.06. The number of fused-ring (bicyclic) bond motifs is 3. The van der Waals surface area contributed by atoms with Crippen molar-refractivity contribution >= 4 is 33.7 Å². The molecule has 0 spiro atoms. The second kappa shape index (κ2) is 14.6. The van der Waals surface area contributed by atoms with Crippen LogP contribution in [0.2, 0.25) is 0 Å². The number of esters is 1. The lowest BCUT2D eigenvalue weighted by Gasteiger charge is -2.26. The number of nitrogens with zero attached hydrogens (tertiary/aromatic N) is 5. The van der Waals surface area contributed by atoms with Crippen molar-refractivity contribution in [1.29, 1.82) is 0 Å². The first kappa shape index (κ1) is 32.2. The molecular formula is C33H46N6O4. The molecule has 0 amide bonds. The zero-order valence-corrected chi connectivity index (χ0v) is 26.4. The average Bonchev–Trinajstić information content (AvgIpc) is 3.35. The Hall–Kier alpha value is -3.73. The number of rotatable bonds is 16. The van der Waals surface area contributed by atoms with Crippen molar-refractivity contribution in [2.24, 2.45) is 0 Å². The molecule has 10 nitrogen and oxygen atoms in total. The minimum Gasteiger partial charge on any atom is -0.476 e. The quantitative estimate of drug-likeness (QED) is 0.149. The molecule has 0 fully saturated rings. The first-order valence-corrected chi connectivity index (χ1v) is 14.9. The van der Waals surface area contributed by atoms with Gasteiger partial charge < -0.3 is 29.4 Å². The Morgan fingerprint density at radius 1 is 1.00 bits per heavy atom. The standard InChI is InChI=1S/C33H46N6O4/c1-33(2,32(40)42-6)43-25-13-11-12-24(22-25)23-38(20-19-37(3)4)17-9-10-18-39-28(16-21-41-5)36-29-30(39)26-14-7-8-15-27(26)35-31(29)34/h7-8,11-15,22H,9-10,16-21,23H2,1-6H3,(H2,34,35). The van der Waals surface area contributed by atoms with E-state index in [1.165, 1.54) is 7.11 Å². The summed E-state index contributed by atoms with van der Waals surface area (Å²) in [6, 6.07) is 16.1. The Kier molecular flexibility index (Phi) is 11.0. The van der Waals surface area contributed by atoms with E-state index >= 15 is 0 Å². The zero-order valence-electron chi connectivity index (χ0n) is 26.4. The number of imidazole rings is 1. The van der Waals surface area contributed by atoms with E-state index in [-0.39, 0.29) is 0 Å². The van der Waals surface area contributed by atoms with Gasteiger partial charge in [-0.25, -0.2) is 14.8 Å². The van der Waals surface area contributed by atoms with Crippen LogP contribution in [0, 0.1) is 0 Å². The molecule has 2 N–H and O–H groups in total. The summed E-state index contributed by atoms with van der Waals surface area (Å²) in [7, 11) is 7.27. The minimum atomic E-state index is -1.07. The number of nitrogen functional groups attached to an aromatic ring is 1. The lowest BCUT2D eigenvalue weighted by atomic mass is 10.1. The van der Waals surface area contributed by atoms with Crippen molar-refractivity contribution < 1.29 is 19.0 Å². The summed E-state index contributed by atoms with van der Waals surface area (Å²) in [5.74, 6) is 1.67. The zero-order chi connectivity index (χ0) is 31.0. The van der Waals surface area contributed by atoms with Crippen molar-refractivity contribution in [2.45, 2.75) is 51.8 Å². The maximum absolute atomic E-state index is 12.1. The van der Waals surface area contributed by atoms with Crippen molar-refractivity contribution in [3.63, 3.8) is 0 Å². The van der Waals surface area contributed by atoms with Gasteiger partial charge in [0.2, 0.25) is 0 Å². The van der Waals surface area contributed by atoms with Gasteiger partial charge in [0, 0.05) is 45.1 Å². The van der Waals surface area contributed by atoms with Crippen molar-refractivity contribution in [1.82, 2.24) is 24.3 Å². The normalized spacial score (nSPS) is 12.1. The number of methoxy groups -OCH3 is 2. The second-order valence-corrected chi connectivity index (χ2v) is 11.7. The van der Waals surface area contributed by atoms with E-state index in [9.17, 15) is 4.79 Å². The molecule has 0 saturated heterocycles. The topological polar surface area (TPSA) is 108 Å². The van der Waals surface area contributed by atoms with E-state index < -0.39 is 11.6 Å². The third kappa shape index (κ3) is 8.22. The molecule has 4 rings (SSSR count). The molecule has 2 aromatic heterocycles. The molecule has 4 aromatic rings. The largest absolute Gasteiger partial charge is 0.476 e. The number of hydrogen-bond acceptors (Lipinski definition) is 9. The summed E-state index contributed by atoms with van der Waals surface area (Å²) < 4.78 is 18.6.